The van der Waals surface area contributed by atoms with E-state index in [0.717, 1.165) is 15.9 Å². The zero-order valence-corrected chi connectivity index (χ0v) is 16.6. The summed E-state index contributed by atoms with van der Waals surface area (Å²) in [4.78, 5) is 25.3. The van der Waals surface area contributed by atoms with Crippen molar-refractivity contribution in [2.24, 2.45) is 0 Å². The lowest BCUT2D eigenvalue weighted by molar-refractivity contribution is -0.117. The highest BCUT2D eigenvalue weighted by Gasteiger charge is 2.15. The summed E-state index contributed by atoms with van der Waals surface area (Å²) in [5.41, 5.74) is 3.00. The highest BCUT2D eigenvalue weighted by Crippen LogP contribution is 2.21. The summed E-state index contributed by atoms with van der Waals surface area (Å²) >= 11 is 0. The predicted molar refractivity (Wildman–Crippen MR) is 115 cm³/mol. The number of nitrogens with one attached hydrogen (secondary N) is 1. The van der Waals surface area contributed by atoms with Gasteiger partial charge in [0.15, 0.2) is 5.65 Å². The zero-order valence-electron chi connectivity index (χ0n) is 16.6. The first-order valence-corrected chi connectivity index (χ1v) is 9.59. The molecule has 0 fully saturated rings. The minimum atomic E-state index is -0.402. The van der Waals surface area contributed by atoms with Crippen molar-refractivity contribution in [3.63, 3.8) is 0 Å². The molecule has 0 saturated carbocycles. The number of ether oxygens (including phenoxy) is 1. The van der Waals surface area contributed by atoms with E-state index in [4.69, 9.17) is 4.74 Å². The molecule has 0 atom stereocenters. The fourth-order valence-corrected chi connectivity index (χ4v) is 3.42. The molecule has 1 N–H and O–H groups in total. The fourth-order valence-electron chi connectivity index (χ4n) is 3.42. The Morgan fingerprint density at radius 3 is 2.68 bits per heavy atom. The summed E-state index contributed by atoms with van der Waals surface area (Å²) < 4.78 is 9.38. The van der Waals surface area contributed by atoms with Gasteiger partial charge in [-0.15, -0.1) is 5.10 Å². The van der Waals surface area contributed by atoms with Crippen LogP contribution in [0.1, 0.15) is 0 Å². The molecule has 154 valence electrons. The summed E-state index contributed by atoms with van der Waals surface area (Å²) in [5.74, 6) is 0.258. The molecule has 31 heavy (non-hydrogen) atoms. The third-order valence-electron chi connectivity index (χ3n) is 4.91. The Kier molecular flexibility index (Phi) is 4.47. The van der Waals surface area contributed by atoms with Gasteiger partial charge in [0.1, 0.15) is 17.8 Å². The molecule has 2 aromatic carbocycles. The minimum absolute atomic E-state index is 0.219. The molecule has 1 amide bonds. The normalized spacial score (nSPS) is 11.1. The SMILES string of the molecule is COc1cccc(NC(=O)Cn2nc3c4cc(-c5ccccc5)nn4ccn3c2=O)c1. The molecule has 0 radical (unpaired) electrons. The van der Waals surface area contributed by atoms with E-state index in [1.165, 1.54) is 4.40 Å². The molecule has 5 aromatic rings. The molecule has 0 bridgehead atoms. The maximum absolute atomic E-state index is 12.8. The van der Waals surface area contributed by atoms with Crippen molar-refractivity contribution in [3.8, 4) is 17.0 Å². The van der Waals surface area contributed by atoms with Gasteiger partial charge in [-0.1, -0.05) is 36.4 Å². The summed E-state index contributed by atoms with van der Waals surface area (Å²) in [7, 11) is 1.55. The number of carbonyl (C=O) groups excluding carboxylic acids is 1. The molecule has 3 aromatic heterocycles. The monoisotopic (exact) mass is 414 g/mol. The maximum atomic E-state index is 12.8. The Morgan fingerprint density at radius 2 is 1.87 bits per heavy atom. The van der Waals surface area contributed by atoms with Crippen molar-refractivity contribution in [2.75, 3.05) is 12.4 Å². The Bertz CT molecular complexity index is 1470. The van der Waals surface area contributed by atoms with E-state index in [0.29, 0.717) is 22.6 Å². The summed E-state index contributed by atoms with van der Waals surface area (Å²) in [5, 5.41) is 11.7. The predicted octanol–water partition coefficient (Wildman–Crippen LogP) is 2.46. The molecule has 3 heterocycles. The lowest BCUT2D eigenvalue weighted by atomic mass is 10.1. The first kappa shape index (κ1) is 18.6. The van der Waals surface area contributed by atoms with E-state index in [-0.39, 0.29) is 12.5 Å². The van der Waals surface area contributed by atoms with Crippen LogP contribution in [0.2, 0.25) is 0 Å². The van der Waals surface area contributed by atoms with Crippen LogP contribution in [0.25, 0.3) is 22.4 Å². The molecule has 0 spiro atoms. The van der Waals surface area contributed by atoms with Crippen LogP contribution in [0.3, 0.4) is 0 Å². The number of rotatable bonds is 5. The van der Waals surface area contributed by atoms with Crippen LogP contribution in [-0.4, -0.2) is 36.8 Å². The molecule has 9 heteroatoms. The Hall–Kier alpha value is -4.40. The number of aromatic nitrogens is 5. The average molecular weight is 414 g/mol. The highest BCUT2D eigenvalue weighted by molar-refractivity contribution is 5.90. The van der Waals surface area contributed by atoms with Crippen molar-refractivity contribution in [1.29, 1.82) is 0 Å². The van der Waals surface area contributed by atoms with E-state index in [9.17, 15) is 9.59 Å². The molecule has 0 aliphatic carbocycles. The largest absolute Gasteiger partial charge is 0.497 e. The third kappa shape index (κ3) is 3.42. The number of benzene rings is 2. The number of carbonyl (C=O) groups is 1. The van der Waals surface area contributed by atoms with Crippen molar-refractivity contribution >= 4 is 22.8 Å². The molecular formula is C22H18N6O3. The second-order valence-corrected chi connectivity index (χ2v) is 6.94. The van der Waals surface area contributed by atoms with Crippen LogP contribution in [0.15, 0.2) is 77.9 Å². The molecule has 0 aliphatic heterocycles. The maximum Gasteiger partial charge on any atom is 0.350 e. The number of anilines is 1. The van der Waals surface area contributed by atoms with E-state index < -0.39 is 5.69 Å². The van der Waals surface area contributed by atoms with Crippen molar-refractivity contribution < 1.29 is 9.53 Å². The second kappa shape index (κ2) is 7.45. The summed E-state index contributed by atoms with van der Waals surface area (Å²) in [6.45, 7) is -0.219. The van der Waals surface area contributed by atoms with Crippen LogP contribution in [0, 0.1) is 0 Å². The third-order valence-corrected chi connectivity index (χ3v) is 4.91. The quantitative estimate of drug-likeness (QED) is 0.477. The Labute approximate surface area is 176 Å². The number of hydrogen-bond donors (Lipinski definition) is 1. The van der Waals surface area contributed by atoms with Gasteiger partial charge in [0.25, 0.3) is 0 Å². The highest BCUT2D eigenvalue weighted by atomic mass is 16.5. The second-order valence-electron chi connectivity index (χ2n) is 6.94. The van der Waals surface area contributed by atoms with Crippen LogP contribution in [-0.2, 0) is 11.3 Å². The summed E-state index contributed by atoms with van der Waals surface area (Å²) in [6.07, 6.45) is 3.29. The number of fused-ring (bicyclic) bond motifs is 3. The van der Waals surface area contributed by atoms with Gasteiger partial charge < -0.3 is 10.1 Å². The number of methoxy groups -OCH3 is 1. The first-order valence-electron chi connectivity index (χ1n) is 9.59. The van der Waals surface area contributed by atoms with Gasteiger partial charge in [-0.3, -0.25) is 4.79 Å². The molecule has 0 aliphatic rings. The number of amides is 1. The van der Waals surface area contributed by atoms with Crippen LogP contribution < -0.4 is 15.7 Å². The van der Waals surface area contributed by atoms with Gasteiger partial charge in [0.05, 0.1) is 12.8 Å². The van der Waals surface area contributed by atoms with Gasteiger partial charge >= 0.3 is 5.69 Å². The van der Waals surface area contributed by atoms with E-state index >= 15 is 0 Å². The lowest BCUT2D eigenvalue weighted by Gasteiger charge is -2.06. The van der Waals surface area contributed by atoms with Crippen LogP contribution in [0.4, 0.5) is 5.69 Å². The Balaban J connectivity index is 1.47. The van der Waals surface area contributed by atoms with Gasteiger partial charge in [-0.2, -0.15) is 5.10 Å². The van der Waals surface area contributed by atoms with Crippen LogP contribution in [0.5, 0.6) is 5.75 Å². The van der Waals surface area contributed by atoms with Crippen molar-refractivity contribution in [3.05, 3.63) is 83.5 Å². The molecule has 0 saturated heterocycles. The number of hydrogen-bond acceptors (Lipinski definition) is 5. The van der Waals surface area contributed by atoms with Gasteiger partial charge in [0, 0.05) is 29.7 Å². The van der Waals surface area contributed by atoms with Gasteiger partial charge in [0.2, 0.25) is 5.91 Å². The molecular weight excluding hydrogens is 396 g/mol. The standard InChI is InChI=1S/C22H18N6O3/c1-31-17-9-5-8-16(12-17)23-20(29)14-28-22(30)26-10-11-27-19(21(26)25-28)13-18(24-27)15-6-3-2-4-7-15/h2-13H,14H2,1H3,(H,23,29). The lowest BCUT2D eigenvalue weighted by Crippen LogP contribution is -2.28. The van der Waals surface area contributed by atoms with Crippen molar-refractivity contribution in [1.82, 2.24) is 23.8 Å². The first-order chi connectivity index (χ1) is 15.1. The molecule has 5 rings (SSSR count). The van der Waals surface area contributed by atoms with Crippen molar-refractivity contribution in [2.45, 2.75) is 6.54 Å². The van der Waals surface area contributed by atoms with Crippen LogP contribution >= 0.6 is 0 Å². The molecule has 0 unspecified atom stereocenters. The van der Waals surface area contributed by atoms with E-state index in [2.05, 4.69) is 15.5 Å². The average Bonchev–Trinajstić information content (AvgIpc) is 3.36. The fraction of sp³-hybridized carbons (Fsp3) is 0.0909. The zero-order chi connectivity index (χ0) is 21.4. The van der Waals surface area contributed by atoms with E-state index in [1.54, 1.807) is 48.3 Å². The van der Waals surface area contributed by atoms with Gasteiger partial charge in [-0.25, -0.2) is 18.4 Å². The van der Waals surface area contributed by atoms with Gasteiger partial charge in [-0.05, 0) is 18.2 Å². The number of nitrogens with zero attached hydrogens (tertiary/aromatic N) is 5. The summed E-state index contributed by atoms with van der Waals surface area (Å²) in [6, 6.07) is 18.6. The van der Waals surface area contributed by atoms with E-state index in [1.807, 2.05) is 36.4 Å². The topological polar surface area (TPSA) is 94.9 Å². The minimum Gasteiger partial charge on any atom is -0.497 e. The smallest absolute Gasteiger partial charge is 0.350 e. The molecule has 9 nitrogen and oxygen atoms in total. The Morgan fingerprint density at radius 1 is 1.03 bits per heavy atom.